The van der Waals surface area contributed by atoms with Gasteiger partial charge in [-0.1, -0.05) is 24.3 Å². The summed E-state index contributed by atoms with van der Waals surface area (Å²) in [6.07, 6.45) is 1.62. The number of hydrogen-bond acceptors (Lipinski definition) is 3. The Morgan fingerprint density at radius 1 is 1.05 bits per heavy atom. The lowest BCUT2D eigenvalue weighted by atomic mass is 10.0. The normalized spacial score (nSPS) is 16.2. The summed E-state index contributed by atoms with van der Waals surface area (Å²) in [5.74, 6) is -0.729. The first kappa shape index (κ1) is 13.4. The van der Waals surface area contributed by atoms with Crippen molar-refractivity contribution >= 4 is 35.2 Å². The molecule has 2 amide bonds. The van der Waals surface area contributed by atoms with Gasteiger partial charge in [0.1, 0.15) is 5.57 Å². The van der Waals surface area contributed by atoms with E-state index in [-0.39, 0.29) is 22.5 Å². The second kappa shape index (κ2) is 4.93. The SMILES string of the molecule is Cc1ccccc1C=C1C(=O)N(C)C(=S)N(C)C1=O. The molecule has 0 radical (unpaired) electrons. The van der Waals surface area contributed by atoms with Crippen LogP contribution >= 0.6 is 12.2 Å². The molecule has 0 unspecified atom stereocenters. The van der Waals surface area contributed by atoms with Crippen LogP contribution in [0.3, 0.4) is 0 Å². The molecule has 1 aromatic rings. The lowest BCUT2D eigenvalue weighted by molar-refractivity contribution is -0.132. The number of benzene rings is 1. The summed E-state index contributed by atoms with van der Waals surface area (Å²) in [7, 11) is 3.14. The van der Waals surface area contributed by atoms with E-state index in [9.17, 15) is 9.59 Å². The first-order valence-corrected chi connectivity index (χ1v) is 6.21. The minimum Gasteiger partial charge on any atom is -0.288 e. The number of amides is 2. The van der Waals surface area contributed by atoms with Crippen molar-refractivity contribution < 1.29 is 9.59 Å². The molecule has 0 spiro atoms. The fourth-order valence-corrected chi connectivity index (χ4v) is 2.05. The summed E-state index contributed by atoms with van der Waals surface area (Å²) >= 11 is 5.03. The van der Waals surface area contributed by atoms with Crippen molar-refractivity contribution in [1.29, 1.82) is 0 Å². The lowest BCUT2D eigenvalue weighted by Crippen LogP contribution is -2.52. The average Bonchev–Trinajstić information content (AvgIpc) is 2.41. The van der Waals surface area contributed by atoms with Crippen molar-refractivity contribution in [3.8, 4) is 0 Å². The summed E-state index contributed by atoms with van der Waals surface area (Å²) in [5, 5.41) is 0.219. The van der Waals surface area contributed by atoms with Gasteiger partial charge in [0, 0.05) is 14.1 Å². The smallest absolute Gasteiger partial charge is 0.265 e. The van der Waals surface area contributed by atoms with Gasteiger partial charge in [-0.25, -0.2) is 0 Å². The maximum atomic E-state index is 12.1. The number of carbonyl (C=O) groups excluding carboxylic acids is 2. The van der Waals surface area contributed by atoms with Gasteiger partial charge >= 0.3 is 0 Å². The number of thiocarbonyl (C=S) groups is 1. The molecule has 1 aliphatic rings. The Kier molecular flexibility index (Phi) is 3.48. The Balaban J connectivity index is 2.49. The zero-order valence-corrected chi connectivity index (χ0v) is 11.8. The van der Waals surface area contributed by atoms with Crippen LogP contribution in [0.5, 0.6) is 0 Å². The monoisotopic (exact) mass is 274 g/mol. The van der Waals surface area contributed by atoms with Gasteiger partial charge in [-0.15, -0.1) is 0 Å². The topological polar surface area (TPSA) is 40.6 Å². The van der Waals surface area contributed by atoms with Crippen LogP contribution in [-0.2, 0) is 9.59 Å². The predicted octanol–water partition coefficient (Wildman–Crippen LogP) is 1.59. The second-order valence-corrected chi connectivity index (χ2v) is 4.79. The fraction of sp³-hybridized carbons (Fsp3) is 0.214. The third-order valence-electron chi connectivity index (χ3n) is 3.13. The molecular weight excluding hydrogens is 260 g/mol. The molecule has 0 aromatic heterocycles. The quantitative estimate of drug-likeness (QED) is 0.443. The summed E-state index contributed by atoms with van der Waals surface area (Å²) in [4.78, 5) is 26.9. The van der Waals surface area contributed by atoms with E-state index in [0.29, 0.717) is 0 Å². The van der Waals surface area contributed by atoms with E-state index < -0.39 is 0 Å². The Morgan fingerprint density at radius 3 is 2.11 bits per heavy atom. The minimum absolute atomic E-state index is 0.132. The highest BCUT2D eigenvalue weighted by atomic mass is 32.1. The largest absolute Gasteiger partial charge is 0.288 e. The van der Waals surface area contributed by atoms with E-state index in [1.54, 1.807) is 20.2 Å². The van der Waals surface area contributed by atoms with E-state index in [0.717, 1.165) is 11.1 Å². The first-order chi connectivity index (χ1) is 8.93. The van der Waals surface area contributed by atoms with E-state index in [1.165, 1.54) is 9.80 Å². The Morgan fingerprint density at radius 2 is 1.58 bits per heavy atom. The molecule has 1 aromatic carbocycles. The Labute approximate surface area is 117 Å². The van der Waals surface area contributed by atoms with Crippen LogP contribution in [0.25, 0.3) is 6.08 Å². The third kappa shape index (κ3) is 2.29. The molecule has 98 valence electrons. The van der Waals surface area contributed by atoms with Crippen LogP contribution < -0.4 is 0 Å². The van der Waals surface area contributed by atoms with E-state index in [2.05, 4.69) is 0 Å². The van der Waals surface area contributed by atoms with Gasteiger partial charge in [-0.3, -0.25) is 19.4 Å². The predicted molar refractivity (Wildman–Crippen MR) is 77.3 cm³/mol. The summed E-state index contributed by atoms with van der Waals surface area (Å²) in [6, 6.07) is 7.59. The van der Waals surface area contributed by atoms with Crippen molar-refractivity contribution in [2.24, 2.45) is 0 Å². The number of nitrogens with zero attached hydrogens (tertiary/aromatic N) is 2. The standard InChI is InChI=1S/C14H14N2O2S/c1-9-6-4-5-7-10(9)8-11-12(17)15(2)14(19)16(3)13(11)18/h4-8H,1-3H3. The molecule has 0 aliphatic carbocycles. The van der Waals surface area contributed by atoms with Crippen molar-refractivity contribution in [1.82, 2.24) is 9.80 Å². The van der Waals surface area contributed by atoms with Crippen LogP contribution in [0.15, 0.2) is 29.8 Å². The Bertz CT molecular complexity index is 581. The number of likely N-dealkylation sites (N-methyl/N-ethyl adjacent to an activating group) is 2. The van der Waals surface area contributed by atoms with Gasteiger partial charge in [0.05, 0.1) is 0 Å². The molecule has 0 N–H and O–H groups in total. The van der Waals surface area contributed by atoms with Crippen molar-refractivity contribution in [2.75, 3.05) is 14.1 Å². The van der Waals surface area contributed by atoms with Gasteiger partial charge in [-0.05, 0) is 36.3 Å². The van der Waals surface area contributed by atoms with Gasteiger partial charge in [0.2, 0.25) is 0 Å². The zero-order valence-electron chi connectivity index (χ0n) is 11.0. The lowest BCUT2D eigenvalue weighted by Gasteiger charge is -2.31. The van der Waals surface area contributed by atoms with Crippen molar-refractivity contribution in [2.45, 2.75) is 6.92 Å². The Hall–Kier alpha value is -2.01. The molecule has 5 heteroatoms. The second-order valence-electron chi connectivity index (χ2n) is 4.43. The van der Waals surface area contributed by atoms with E-state index in [4.69, 9.17) is 12.2 Å². The fourth-order valence-electron chi connectivity index (χ4n) is 1.88. The number of rotatable bonds is 1. The molecule has 4 nitrogen and oxygen atoms in total. The van der Waals surface area contributed by atoms with Gasteiger partial charge in [0.15, 0.2) is 5.11 Å². The summed E-state index contributed by atoms with van der Waals surface area (Å²) in [5.41, 5.74) is 2.00. The molecule has 0 saturated carbocycles. The molecule has 2 rings (SSSR count). The van der Waals surface area contributed by atoms with Crippen LogP contribution in [0, 0.1) is 6.92 Å². The van der Waals surface area contributed by atoms with Crippen molar-refractivity contribution in [3.63, 3.8) is 0 Å². The molecule has 1 saturated heterocycles. The maximum absolute atomic E-state index is 12.1. The van der Waals surface area contributed by atoms with E-state index in [1.807, 2.05) is 31.2 Å². The molecule has 1 aliphatic heterocycles. The van der Waals surface area contributed by atoms with Crippen LogP contribution in [-0.4, -0.2) is 40.8 Å². The number of hydrogen-bond donors (Lipinski definition) is 0. The highest BCUT2D eigenvalue weighted by Crippen LogP contribution is 2.19. The maximum Gasteiger partial charge on any atom is 0.265 e. The first-order valence-electron chi connectivity index (χ1n) is 5.81. The van der Waals surface area contributed by atoms with Gasteiger partial charge < -0.3 is 0 Å². The van der Waals surface area contributed by atoms with Crippen LogP contribution in [0.1, 0.15) is 11.1 Å². The highest BCUT2D eigenvalue weighted by molar-refractivity contribution is 7.80. The van der Waals surface area contributed by atoms with E-state index >= 15 is 0 Å². The van der Waals surface area contributed by atoms with Crippen molar-refractivity contribution in [3.05, 3.63) is 41.0 Å². The molecule has 19 heavy (non-hydrogen) atoms. The number of carbonyl (C=O) groups is 2. The average molecular weight is 274 g/mol. The molecule has 0 bridgehead atoms. The summed E-state index contributed by atoms with van der Waals surface area (Å²) < 4.78 is 0. The van der Waals surface area contributed by atoms with Crippen LogP contribution in [0.2, 0.25) is 0 Å². The minimum atomic E-state index is -0.364. The molecular formula is C14H14N2O2S. The third-order valence-corrected chi connectivity index (χ3v) is 3.68. The highest BCUT2D eigenvalue weighted by Gasteiger charge is 2.35. The van der Waals surface area contributed by atoms with Gasteiger partial charge in [-0.2, -0.15) is 0 Å². The molecule has 0 atom stereocenters. The zero-order chi connectivity index (χ0) is 14.2. The number of aryl methyl sites for hydroxylation is 1. The molecule has 1 heterocycles. The molecule has 1 fully saturated rings. The van der Waals surface area contributed by atoms with Crippen LogP contribution in [0.4, 0.5) is 0 Å². The summed E-state index contributed by atoms with van der Waals surface area (Å²) in [6.45, 7) is 1.93. The van der Waals surface area contributed by atoms with Gasteiger partial charge in [0.25, 0.3) is 11.8 Å².